The molecule has 2 nitrogen and oxygen atoms in total. The van der Waals surface area contributed by atoms with Crippen molar-refractivity contribution in [2.24, 2.45) is 0 Å². The zero-order valence-electron chi connectivity index (χ0n) is 9.29. The molecule has 14 heavy (non-hydrogen) atoms. The third kappa shape index (κ3) is 2.26. The van der Waals surface area contributed by atoms with Crippen LogP contribution in [0.5, 0.6) is 5.75 Å². The van der Waals surface area contributed by atoms with E-state index in [0.717, 1.165) is 22.4 Å². The first-order valence-corrected chi connectivity index (χ1v) is 4.98. The van der Waals surface area contributed by atoms with E-state index >= 15 is 0 Å². The van der Waals surface area contributed by atoms with Gasteiger partial charge in [-0.1, -0.05) is 0 Å². The van der Waals surface area contributed by atoms with Gasteiger partial charge in [0.1, 0.15) is 5.75 Å². The minimum atomic E-state index is -0.411. The van der Waals surface area contributed by atoms with Gasteiger partial charge < -0.3 is 9.84 Å². The molecule has 1 unspecified atom stereocenters. The summed E-state index contributed by atoms with van der Waals surface area (Å²) in [5.74, 6) is 0.881. The number of hydrogen-bond donors (Lipinski definition) is 1. The van der Waals surface area contributed by atoms with Crippen molar-refractivity contribution in [3.05, 3.63) is 28.8 Å². The second-order valence-corrected chi connectivity index (χ2v) is 3.58. The first-order valence-electron chi connectivity index (χ1n) is 4.98. The highest BCUT2D eigenvalue weighted by molar-refractivity contribution is 5.42. The Balaban J connectivity index is 3.11. The third-order valence-electron chi connectivity index (χ3n) is 2.30. The van der Waals surface area contributed by atoms with Crippen LogP contribution in [0.4, 0.5) is 0 Å². The van der Waals surface area contributed by atoms with E-state index < -0.39 is 6.10 Å². The van der Waals surface area contributed by atoms with E-state index in [9.17, 15) is 5.11 Å². The molecule has 2 heteroatoms. The number of hydrogen-bond acceptors (Lipinski definition) is 2. The highest BCUT2D eigenvalue weighted by Gasteiger charge is 2.09. The lowest BCUT2D eigenvalue weighted by atomic mass is 9.98. The number of aliphatic hydroxyl groups excluding tert-OH is 1. The summed E-state index contributed by atoms with van der Waals surface area (Å²) in [6.07, 6.45) is -0.411. The molecule has 1 rings (SSSR count). The van der Waals surface area contributed by atoms with Gasteiger partial charge in [0.2, 0.25) is 0 Å². The lowest BCUT2D eigenvalue weighted by molar-refractivity contribution is 0.197. The molecule has 0 aliphatic rings. The molecule has 0 bridgehead atoms. The average Bonchev–Trinajstić information content (AvgIpc) is 2.01. The monoisotopic (exact) mass is 194 g/mol. The Morgan fingerprint density at radius 3 is 2.14 bits per heavy atom. The fourth-order valence-corrected chi connectivity index (χ4v) is 1.84. The van der Waals surface area contributed by atoms with Gasteiger partial charge in [-0.3, -0.25) is 0 Å². The minimum absolute atomic E-state index is 0.411. The maximum atomic E-state index is 9.57. The van der Waals surface area contributed by atoms with Crippen molar-refractivity contribution >= 4 is 0 Å². The van der Waals surface area contributed by atoms with Gasteiger partial charge in [-0.05, 0) is 56.5 Å². The molecule has 0 amide bonds. The molecule has 0 radical (unpaired) electrons. The summed E-state index contributed by atoms with van der Waals surface area (Å²) < 4.78 is 5.42. The van der Waals surface area contributed by atoms with Gasteiger partial charge >= 0.3 is 0 Å². The molecule has 0 aliphatic heterocycles. The standard InChI is InChI=1S/C12H18O2/c1-5-14-11-6-8(2)12(10(4)13)9(3)7-11/h6-7,10,13H,5H2,1-4H3. The summed E-state index contributed by atoms with van der Waals surface area (Å²) in [5, 5.41) is 9.57. The second-order valence-electron chi connectivity index (χ2n) is 3.58. The normalized spacial score (nSPS) is 12.6. The molecule has 0 heterocycles. The third-order valence-corrected chi connectivity index (χ3v) is 2.30. The smallest absolute Gasteiger partial charge is 0.119 e. The predicted molar refractivity (Wildman–Crippen MR) is 57.7 cm³/mol. The zero-order valence-corrected chi connectivity index (χ0v) is 9.29. The topological polar surface area (TPSA) is 29.5 Å². The quantitative estimate of drug-likeness (QED) is 0.801. The summed E-state index contributed by atoms with van der Waals surface area (Å²) in [6, 6.07) is 3.94. The fourth-order valence-electron chi connectivity index (χ4n) is 1.84. The van der Waals surface area contributed by atoms with Crippen LogP contribution in [0.25, 0.3) is 0 Å². The van der Waals surface area contributed by atoms with E-state index in [4.69, 9.17) is 4.74 Å². The Labute approximate surface area is 85.5 Å². The zero-order chi connectivity index (χ0) is 10.7. The lowest BCUT2D eigenvalue weighted by Gasteiger charge is -2.14. The minimum Gasteiger partial charge on any atom is -0.494 e. The van der Waals surface area contributed by atoms with Crippen LogP contribution in [-0.4, -0.2) is 11.7 Å². The summed E-state index contributed by atoms with van der Waals surface area (Å²) in [7, 11) is 0. The largest absolute Gasteiger partial charge is 0.494 e. The van der Waals surface area contributed by atoms with Crippen molar-refractivity contribution in [1.29, 1.82) is 0 Å². The Morgan fingerprint density at radius 2 is 1.79 bits per heavy atom. The number of rotatable bonds is 3. The van der Waals surface area contributed by atoms with Crippen molar-refractivity contribution in [2.75, 3.05) is 6.61 Å². The molecule has 0 fully saturated rings. The molecule has 1 atom stereocenters. The maximum absolute atomic E-state index is 9.57. The molecule has 0 saturated heterocycles. The van der Waals surface area contributed by atoms with Crippen LogP contribution in [0.15, 0.2) is 12.1 Å². The molecule has 1 aromatic rings. The number of aliphatic hydroxyl groups is 1. The van der Waals surface area contributed by atoms with E-state index in [-0.39, 0.29) is 0 Å². The summed E-state index contributed by atoms with van der Waals surface area (Å²) in [6.45, 7) is 8.42. The van der Waals surface area contributed by atoms with Gasteiger partial charge in [-0.25, -0.2) is 0 Å². The SMILES string of the molecule is CCOc1cc(C)c(C(C)O)c(C)c1. The maximum Gasteiger partial charge on any atom is 0.119 e. The molecular weight excluding hydrogens is 176 g/mol. The number of ether oxygens (including phenoxy) is 1. The molecule has 0 spiro atoms. The molecule has 78 valence electrons. The summed E-state index contributed by atoms with van der Waals surface area (Å²) >= 11 is 0. The van der Waals surface area contributed by atoms with Gasteiger partial charge in [0, 0.05) is 0 Å². The van der Waals surface area contributed by atoms with Crippen molar-refractivity contribution in [3.8, 4) is 5.75 Å². The van der Waals surface area contributed by atoms with Crippen LogP contribution in [0.2, 0.25) is 0 Å². The molecule has 0 saturated carbocycles. The van der Waals surface area contributed by atoms with Crippen LogP contribution in [-0.2, 0) is 0 Å². The average molecular weight is 194 g/mol. The van der Waals surface area contributed by atoms with Crippen LogP contribution in [0.1, 0.15) is 36.6 Å². The summed E-state index contributed by atoms with van der Waals surface area (Å²) in [5.41, 5.74) is 3.18. The van der Waals surface area contributed by atoms with Crippen molar-refractivity contribution in [1.82, 2.24) is 0 Å². The Hall–Kier alpha value is -1.02. The van der Waals surface area contributed by atoms with Gasteiger partial charge in [-0.2, -0.15) is 0 Å². The first kappa shape index (κ1) is 11.1. The fraction of sp³-hybridized carbons (Fsp3) is 0.500. The molecule has 1 aromatic carbocycles. The van der Waals surface area contributed by atoms with E-state index in [2.05, 4.69) is 0 Å². The van der Waals surface area contributed by atoms with Crippen LogP contribution >= 0.6 is 0 Å². The van der Waals surface area contributed by atoms with Crippen LogP contribution in [0, 0.1) is 13.8 Å². The Morgan fingerprint density at radius 1 is 1.29 bits per heavy atom. The molecule has 1 N–H and O–H groups in total. The molecule has 0 aromatic heterocycles. The Bertz CT molecular complexity index is 293. The van der Waals surface area contributed by atoms with Crippen LogP contribution in [0.3, 0.4) is 0 Å². The van der Waals surface area contributed by atoms with E-state index in [0.29, 0.717) is 6.61 Å². The van der Waals surface area contributed by atoms with Crippen molar-refractivity contribution in [2.45, 2.75) is 33.8 Å². The number of aryl methyl sites for hydroxylation is 2. The predicted octanol–water partition coefficient (Wildman–Crippen LogP) is 2.76. The first-order chi connectivity index (χ1) is 6.56. The van der Waals surface area contributed by atoms with Gasteiger partial charge in [0.15, 0.2) is 0 Å². The van der Waals surface area contributed by atoms with Crippen molar-refractivity contribution in [3.63, 3.8) is 0 Å². The van der Waals surface area contributed by atoms with E-state index in [1.165, 1.54) is 0 Å². The summed E-state index contributed by atoms with van der Waals surface area (Å²) in [4.78, 5) is 0. The van der Waals surface area contributed by atoms with E-state index in [1.54, 1.807) is 6.92 Å². The van der Waals surface area contributed by atoms with Crippen molar-refractivity contribution < 1.29 is 9.84 Å². The van der Waals surface area contributed by atoms with Crippen LogP contribution < -0.4 is 4.74 Å². The van der Waals surface area contributed by atoms with Gasteiger partial charge in [-0.15, -0.1) is 0 Å². The lowest BCUT2D eigenvalue weighted by Crippen LogP contribution is -2.00. The number of benzene rings is 1. The molecular formula is C12H18O2. The highest BCUT2D eigenvalue weighted by Crippen LogP contribution is 2.26. The van der Waals surface area contributed by atoms with E-state index in [1.807, 2.05) is 32.9 Å². The second kappa shape index (κ2) is 4.47. The highest BCUT2D eigenvalue weighted by atomic mass is 16.5. The van der Waals surface area contributed by atoms with Gasteiger partial charge in [0.25, 0.3) is 0 Å². The van der Waals surface area contributed by atoms with Gasteiger partial charge in [0.05, 0.1) is 12.7 Å². The molecule has 0 aliphatic carbocycles. The Kier molecular flexibility index (Phi) is 3.53.